The number of rotatable bonds is 15. The Labute approximate surface area is 289 Å². The number of halogens is 1. The molecule has 0 radical (unpaired) electrons. The second-order valence-corrected chi connectivity index (χ2v) is 13.9. The monoisotopic (exact) mass is 677 g/mol. The summed E-state index contributed by atoms with van der Waals surface area (Å²) in [6.45, 7) is 16.3. The fraction of sp³-hybridized carbons (Fsp3) is 0.500. The number of benzene rings is 2. The van der Waals surface area contributed by atoms with Gasteiger partial charge in [-0.05, 0) is 87.1 Å². The number of anilines is 2. The maximum atomic E-state index is 15.0. The van der Waals surface area contributed by atoms with Crippen LogP contribution < -0.4 is 14.5 Å². The van der Waals surface area contributed by atoms with Gasteiger partial charge in [0.2, 0.25) is 11.8 Å². The fourth-order valence-electron chi connectivity index (χ4n) is 8.25. The molecule has 48 heavy (non-hydrogen) atoms. The van der Waals surface area contributed by atoms with Gasteiger partial charge in [-0.25, -0.2) is 0 Å². The van der Waals surface area contributed by atoms with Gasteiger partial charge in [-0.2, -0.15) is 0 Å². The van der Waals surface area contributed by atoms with Crippen molar-refractivity contribution >= 4 is 40.7 Å². The number of amides is 3. The van der Waals surface area contributed by atoms with Gasteiger partial charge >= 0.3 is 0 Å². The number of hydrogen-bond donors (Lipinski definition) is 1. The van der Waals surface area contributed by atoms with Crippen molar-refractivity contribution in [3.8, 4) is 5.75 Å². The Kier molecular flexibility index (Phi) is 10.7. The van der Waals surface area contributed by atoms with Gasteiger partial charge < -0.3 is 29.3 Å². The third kappa shape index (κ3) is 6.05. The lowest BCUT2D eigenvalue weighted by Crippen LogP contribution is -2.59. The molecule has 10 heteroatoms. The van der Waals surface area contributed by atoms with Gasteiger partial charge in [0.1, 0.15) is 17.4 Å². The Morgan fingerprint density at radius 1 is 1.02 bits per heavy atom. The molecule has 0 aliphatic carbocycles. The third-order valence-electron chi connectivity index (χ3n) is 10.2. The quantitative estimate of drug-likeness (QED) is 0.231. The lowest BCUT2D eigenvalue weighted by Gasteiger charge is -2.40. The highest BCUT2D eigenvalue weighted by Crippen LogP contribution is 2.65. The molecular weight excluding hydrogens is 630 g/mol. The topological polar surface area (TPSA) is 99.6 Å². The highest BCUT2D eigenvalue weighted by molar-refractivity contribution is 6.30. The summed E-state index contributed by atoms with van der Waals surface area (Å²) in [5.74, 6) is -1.88. The maximum Gasteiger partial charge on any atom is 0.253 e. The van der Waals surface area contributed by atoms with E-state index in [2.05, 4.69) is 13.2 Å². The molecule has 2 aromatic carbocycles. The third-order valence-corrected chi connectivity index (χ3v) is 10.5. The van der Waals surface area contributed by atoms with Crippen LogP contribution in [0.5, 0.6) is 5.75 Å². The first kappa shape index (κ1) is 35.6. The van der Waals surface area contributed by atoms with E-state index in [1.165, 1.54) is 0 Å². The molecule has 2 unspecified atom stereocenters. The van der Waals surface area contributed by atoms with Crippen molar-refractivity contribution in [3.63, 3.8) is 0 Å². The zero-order valence-corrected chi connectivity index (χ0v) is 29.2. The van der Waals surface area contributed by atoms with E-state index in [4.69, 9.17) is 21.1 Å². The molecule has 3 amide bonds. The first-order valence-electron chi connectivity index (χ1n) is 17.0. The standard InChI is InChI=1S/C38H48ClN3O6/c1-7-21-40(28-15-17-30(18-16-28)47-10-4)34(44)31-32-35(45)42(29(24-43)23-25(5)6)33(38(32)20-19-37(31,9-3)48-38)36(46)41(22-8-2)27-13-11-26(39)12-14-27/h7-8,11-18,25,29,31-33,43H,1-2,9-10,19-24H2,3-6H3/t29-,31-,32+,33?,37+,38?/m1/s1. The van der Waals surface area contributed by atoms with Crippen molar-refractivity contribution in [2.45, 2.75) is 76.7 Å². The smallest absolute Gasteiger partial charge is 0.253 e. The second-order valence-electron chi connectivity index (χ2n) is 13.4. The Hall–Kier alpha value is -3.66. The summed E-state index contributed by atoms with van der Waals surface area (Å²) in [5, 5.41) is 11.3. The molecule has 6 atom stereocenters. The predicted octanol–water partition coefficient (Wildman–Crippen LogP) is 6.04. The number of likely N-dealkylation sites (tertiary alicyclic amines) is 1. The van der Waals surface area contributed by atoms with Gasteiger partial charge in [-0.15, -0.1) is 13.2 Å². The average molecular weight is 678 g/mol. The summed E-state index contributed by atoms with van der Waals surface area (Å²) in [6.07, 6.45) is 5.21. The summed E-state index contributed by atoms with van der Waals surface area (Å²) >= 11 is 6.19. The molecular formula is C38H48ClN3O6. The number of nitrogens with zero attached hydrogens (tertiary/aromatic N) is 3. The zero-order chi connectivity index (χ0) is 34.8. The molecule has 3 heterocycles. The van der Waals surface area contributed by atoms with Crippen LogP contribution in [0.2, 0.25) is 5.02 Å². The number of aliphatic hydroxyl groups excluding tert-OH is 1. The van der Waals surface area contributed by atoms with Gasteiger partial charge in [0, 0.05) is 29.5 Å². The number of hydrogen-bond acceptors (Lipinski definition) is 6. The molecule has 5 rings (SSSR count). The molecule has 2 aromatic rings. The molecule has 2 bridgehead atoms. The minimum Gasteiger partial charge on any atom is -0.494 e. The van der Waals surface area contributed by atoms with Crippen molar-refractivity contribution in [1.82, 2.24) is 4.90 Å². The van der Waals surface area contributed by atoms with Crippen LogP contribution in [0, 0.1) is 17.8 Å². The minimum atomic E-state index is -1.26. The number of carbonyl (C=O) groups is 3. The van der Waals surface area contributed by atoms with Gasteiger partial charge in [0.25, 0.3) is 5.91 Å². The van der Waals surface area contributed by atoms with E-state index in [1.807, 2.05) is 52.0 Å². The first-order valence-corrected chi connectivity index (χ1v) is 17.4. The number of ether oxygens (including phenoxy) is 2. The van der Waals surface area contributed by atoms with Crippen molar-refractivity contribution in [2.75, 3.05) is 36.1 Å². The Morgan fingerprint density at radius 2 is 1.60 bits per heavy atom. The van der Waals surface area contributed by atoms with Gasteiger partial charge in [-0.1, -0.05) is 44.5 Å². The largest absolute Gasteiger partial charge is 0.494 e. The highest BCUT2D eigenvalue weighted by Gasteiger charge is 2.79. The molecule has 3 fully saturated rings. The SMILES string of the molecule is C=CCN(C(=O)C1N([C@@H](CO)CC(C)C)C(=O)[C@@H]2[C@H](C(=O)N(CC=C)c3ccc(OCC)cc3)[C@]3(CC)CCC12O3)c1ccc(Cl)cc1. The van der Waals surface area contributed by atoms with Crippen LogP contribution in [0.3, 0.4) is 0 Å². The summed E-state index contributed by atoms with van der Waals surface area (Å²) < 4.78 is 12.7. The van der Waals surface area contributed by atoms with Crippen molar-refractivity contribution in [2.24, 2.45) is 17.8 Å². The molecule has 258 valence electrons. The first-order chi connectivity index (χ1) is 23.0. The van der Waals surface area contributed by atoms with Crippen LogP contribution in [-0.2, 0) is 19.1 Å². The average Bonchev–Trinajstić information content (AvgIpc) is 3.69. The Bertz CT molecular complexity index is 1510. The summed E-state index contributed by atoms with van der Waals surface area (Å²) in [6, 6.07) is 12.5. The van der Waals surface area contributed by atoms with Crippen molar-refractivity contribution in [1.29, 1.82) is 0 Å². The van der Waals surface area contributed by atoms with Gasteiger partial charge in [-0.3, -0.25) is 14.4 Å². The summed E-state index contributed by atoms with van der Waals surface area (Å²) in [4.78, 5) is 49.6. The number of fused-ring (bicyclic) bond motifs is 1. The Balaban J connectivity index is 1.63. The van der Waals surface area contributed by atoms with E-state index in [0.717, 1.165) is 0 Å². The maximum absolute atomic E-state index is 15.0. The summed E-state index contributed by atoms with van der Waals surface area (Å²) in [5.41, 5.74) is -0.962. The molecule has 3 aliphatic rings. The Morgan fingerprint density at radius 3 is 2.12 bits per heavy atom. The van der Waals surface area contributed by atoms with E-state index < -0.39 is 35.1 Å². The molecule has 9 nitrogen and oxygen atoms in total. The molecule has 0 saturated carbocycles. The van der Waals surface area contributed by atoms with Crippen LogP contribution in [-0.4, -0.2) is 77.3 Å². The van der Waals surface area contributed by atoms with E-state index in [9.17, 15) is 19.5 Å². The molecule has 3 aliphatic heterocycles. The second kappa shape index (κ2) is 14.4. The molecule has 1 N–H and O–H groups in total. The van der Waals surface area contributed by atoms with Crippen LogP contribution in [0.4, 0.5) is 11.4 Å². The highest BCUT2D eigenvalue weighted by atomic mass is 35.5. The molecule has 1 spiro atoms. The van der Waals surface area contributed by atoms with Crippen LogP contribution in [0.15, 0.2) is 73.8 Å². The van der Waals surface area contributed by atoms with Gasteiger partial charge in [0.05, 0.1) is 36.7 Å². The molecule has 3 saturated heterocycles. The van der Waals surface area contributed by atoms with Crippen LogP contribution in [0.1, 0.15) is 53.4 Å². The van der Waals surface area contributed by atoms with E-state index in [1.54, 1.807) is 51.1 Å². The zero-order valence-electron chi connectivity index (χ0n) is 28.4. The predicted molar refractivity (Wildman–Crippen MR) is 188 cm³/mol. The summed E-state index contributed by atoms with van der Waals surface area (Å²) in [7, 11) is 0. The van der Waals surface area contributed by atoms with Crippen molar-refractivity contribution in [3.05, 3.63) is 78.9 Å². The van der Waals surface area contributed by atoms with E-state index in [0.29, 0.717) is 54.4 Å². The van der Waals surface area contributed by atoms with Crippen molar-refractivity contribution < 1.29 is 29.0 Å². The minimum absolute atomic E-state index is 0.128. The van der Waals surface area contributed by atoms with Crippen LogP contribution in [0.25, 0.3) is 0 Å². The lowest BCUT2D eigenvalue weighted by atomic mass is 9.64. The lowest BCUT2D eigenvalue weighted by molar-refractivity contribution is -0.149. The van der Waals surface area contributed by atoms with E-state index >= 15 is 0 Å². The van der Waals surface area contributed by atoms with E-state index in [-0.39, 0.29) is 43.3 Å². The van der Waals surface area contributed by atoms with Crippen LogP contribution >= 0.6 is 11.6 Å². The molecule has 0 aromatic heterocycles. The number of carbonyl (C=O) groups excluding carboxylic acids is 3. The van der Waals surface area contributed by atoms with Gasteiger partial charge in [0.15, 0.2) is 0 Å². The fourth-order valence-corrected chi connectivity index (χ4v) is 8.38. The number of aliphatic hydroxyl groups is 1. The normalized spacial score (nSPS) is 26.4.